The summed E-state index contributed by atoms with van der Waals surface area (Å²) in [7, 11) is 0. The van der Waals surface area contributed by atoms with Crippen LogP contribution in [-0.2, 0) is 0 Å². The van der Waals surface area contributed by atoms with Gasteiger partial charge in [-0.3, -0.25) is 4.79 Å². The molecular formula is C15H13BrFNO. The topological polar surface area (TPSA) is 29.1 Å². The minimum atomic E-state index is -0.404. The van der Waals surface area contributed by atoms with E-state index in [4.69, 9.17) is 0 Å². The van der Waals surface area contributed by atoms with Gasteiger partial charge in [-0.2, -0.15) is 0 Å². The summed E-state index contributed by atoms with van der Waals surface area (Å²) in [4.78, 5) is 12.1. The third kappa shape index (κ3) is 3.20. The standard InChI is InChI=1S/C15H13BrFNO/c1-9-3-4-10(2)12(7-9)15(19)18-11-5-6-13(16)14(17)8-11/h3-8H,1-2H3,(H,18,19). The van der Waals surface area contributed by atoms with Gasteiger partial charge in [-0.25, -0.2) is 4.39 Å². The highest BCUT2D eigenvalue weighted by atomic mass is 79.9. The summed E-state index contributed by atoms with van der Waals surface area (Å²) in [5.41, 5.74) is 2.94. The summed E-state index contributed by atoms with van der Waals surface area (Å²) in [5, 5.41) is 2.69. The summed E-state index contributed by atoms with van der Waals surface area (Å²) >= 11 is 3.07. The van der Waals surface area contributed by atoms with Gasteiger partial charge in [-0.15, -0.1) is 0 Å². The molecule has 0 saturated carbocycles. The molecule has 0 heterocycles. The number of aryl methyl sites for hydroxylation is 2. The molecule has 0 radical (unpaired) electrons. The molecule has 0 aliphatic carbocycles. The second-order valence-corrected chi connectivity index (χ2v) is 5.26. The molecule has 0 aliphatic heterocycles. The lowest BCUT2D eigenvalue weighted by atomic mass is 10.1. The molecule has 0 aromatic heterocycles. The smallest absolute Gasteiger partial charge is 0.255 e. The number of hydrogen-bond acceptors (Lipinski definition) is 1. The Morgan fingerprint density at radius 3 is 2.58 bits per heavy atom. The molecule has 0 saturated heterocycles. The summed E-state index contributed by atoms with van der Waals surface area (Å²) in [5.74, 6) is -0.637. The van der Waals surface area contributed by atoms with E-state index in [0.29, 0.717) is 15.7 Å². The van der Waals surface area contributed by atoms with Crippen LogP contribution in [0.15, 0.2) is 40.9 Å². The lowest BCUT2D eigenvalue weighted by Crippen LogP contribution is -2.13. The molecule has 98 valence electrons. The van der Waals surface area contributed by atoms with Crippen LogP contribution in [-0.4, -0.2) is 5.91 Å². The highest BCUT2D eigenvalue weighted by Gasteiger charge is 2.10. The van der Waals surface area contributed by atoms with Gasteiger partial charge in [0.2, 0.25) is 0 Å². The van der Waals surface area contributed by atoms with Gasteiger partial charge in [0, 0.05) is 11.3 Å². The molecule has 0 spiro atoms. The molecule has 2 nitrogen and oxygen atoms in total. The Bertz CT molecular complexity index is 640. The largest absolute Gasteiger partial charge is 0.322 e. The number of benzene rings is 2. The van der Waals surface area contributed by atoms with Crippen molar-refractivity contribution < 1.29 is 9.18 Å². The van der Waals surface area contributed by atoms with E-state index in [1.165, 1.54) is 6.07 Å². The van der Waals surface area contributed by atoms with E-state index in [9.17, 15) is 9.18 Å². The van der Waals surface area contributed by atoms with Crippen LogP contribution in [0.25, 0.3) is 0 Å². The van der Waals surface area contributed by atoms with Gasteiger partial charge >= 0.3 is 0 Å². The molecule has 0 unspecified atom stereocenters. The second kappa shape index (κ2) is 5.53. The first-order valence-corrected chi connectivity index (χ1v) is 6.60. The molecule has 19 heavy (non-hydrogen) atoms. The van der Waals surface area contributed by atoms with Gasteiger partial charge in [0.15, 0.2) is 0 Å². The Kier molecular flexibility index (Phi) is 4.00. The van der Waals surface area contributed by atoms with Crippen molar-refractivity contribution in [1.82, 2.24) is 0 Å². The first kappa shape index (κ1) is 13.7. The zero-order chi connectivity index (χ0) is 14.0. The number of carbonyl (C=O) groups excluding carboxylic acids is 1. The molecule has 1 amide bonds. The van der Waals surface area contributed by atoms with Crippen molar-refractivity contribution in [3.8, 4) is 0 Å². The van der Waals surface area contributed by atoms with Crippen LogP contribution < -0.4 is 5.32 Å². The summed E-state index contributed by atoms with van der Waals surface area (Å²) in [6.07, 6.45) is 0. The molecule has 0 atom stereocenters. The van der Waals surface area contributed by atoms with Crippen molar-refractivity contribution in [3.05, 3.63) is 63.4 Å². The van der Waals surface area contributed by atoms with Crippen LogP contribution in [0.5, 0.6) is 0 Å². The van der Waals surface area contributed by atoms with Gasteiger partial charge in [0.05, 0.1) is 4.47 Å². The Morgan fingerprint density at radius 2 is 1.89 bits per heavy atom. The molecule has 4 heteroatoms. The number of nitrogens with one attached hydrogen (secondary N) is 1. The number of rotatable bonds is 2. The zero-order valence-corrected chi connectivity index (χ0v) is 12.2. The van der Waals surface area contributed by atoms with Gasteiger partial charge in [0.1, 0.15) is 5.82 Å². The summed E-state index contributed by atoms with van der Waals surface area (Å²) in [6, 6.07) is 10.2. The number of hydrogen-bond donors (Lipinski definition) is 1. The SMILES string of the molecule is Cc1ccc(C)c(C(=O)Nc2ccc(Br)c(F)c2)c1. The van der Waals surface area contributed by atoms with E-state index in [1.54, 1.807) is 12.1 Å². The maximum absolute atomic E-state index is 13.4. The quantitative estimate of drug-likeness (QED) is 0.869. The zero-order valence-electron chi connectivity index (χ0n) is 10.6. The number of anilines is 1. The summed E-state index contributed by atoms with van der Waals surface area (Å²) in [6.45, 7) is 3.80. The lowest BCUT2D eigenvalue weighted by Gasteiger charge is -2.09. The minimum Gasteiger partial charge on any atom is -0.322 e. The Labute approximate surface area is 119 Å². The predicted molar refractivity (Wildman–Crippen MR) is 78.0 cm³/mol. The fourth-order valence-electron chi connectivity index (χ4n) is 1.75. The highest BCUT2D eigenvalue weighted by molar-refractivity contribution is 9.10. The number of carbonyl (C=O) groups is 1. The van der Waals surface area contributed by atoms with E-state index in [0.717, 1.165) is 11.1 Å². The maximum atomic E-state index is 13.4. The monoisotopic (exact) mass is 321 g/mol. The Hall–Kier alpha value is -1.68. The molecule has 2 rings (SSSR count). The van der Waals surface area contributed by atoms with Crippen LogP contribution >= 0.6 is 15.9 Å². The van der Waals surface area contributed by atoms with Crippen molar-refractivity contribution in [1.29, 1.82) is 0 Å². The van der Waals surface area contributed by atoms with Crippen LogP contribution in [0.3, 0.4) is 0 Å². The molecular weight excluding hydrogens is 309 g/mol. The molecule has 2 aromatic rings. The molecule has 1 N–H and O–H groups in total. The van der Waals surface area contributed by atoms with Gasteiger partial charge in [-0.1, -0.05) is 17.7 Å². The molecule has 2 aromatic carbocycles. The van der Waals surface area contributed by atoms with E-state index in [2.05, 4.69) is 21.2 Å². The van der Waals surface area contributed by atoms with Crippen molar-refractivity contribution in [3.63, 3.8) is 0 Å². The molecule has 0 bridgehead atoms. The van der Waals surface area contributed by atoms with Crippen LogP contribution in [0.4, 0.5) is 10.1 Å². The van der Waals surface area contributed by atoms with E-state index in [1.807, 2.05) is 32.0 Å². The van der Waals surface area contributed by atoms with Gasteiger partial charge in [0.25, 0.3) is 5.91 Å². The van der Waals surface area contributed by atoms with E-state index < -0.39 is 5.82 Å². The number of amides is 1. The second-order valence-electron chi connectivity index (χ2n) is 4.40. The van der Waals surface area contributed by atoms with Crippen LogP contribution in [0.2, 0.25) is 0 Å². The molecule has 0 aliphatic rings. The number of halogens is 2. The average Bonchev–Trinajstić information content (AvgIpc) is 2.36. The fraction of sp³-hybridized carbons (Fsp3) is 0.133. The van der Waals surface area contributed by atoms with Gasteiger partial charge < -0.3 is 5.32 Å². The van der Waals surface area contributed by atoms with Crippen molar-refractivity contribution >= 4 is 27.5 Å². The average molecular weight is 322 g/mol. The third-order valence-electron chi connectivity index (χ3n) is 2.82. The van der Waals surface area contributed by atoms with Crippen LogP contribution in [0, 0.1) is 19.7 Å². The van der Waals surface area contributed by atoms with E-state index in [-0.39, 0.29) is 5.91 Å². The van der Waals surface area contributed by atoms with Crippen LogP contribution in [0.1, 0.15) is 21.5 Å². The Balaban J connectivity index is 2.25. The fourth-order valence-corrected chi connectivity index (χ4v) is 2.00. The maximum Gasteiger partial charge on any atom is 0.255 e. The van der Waals surface area contributed by atoms with Crippen molar-refractivity contribution in [2.45, 2.75) is 13.8 Å². The highest BCUT2D eigenvalue weighted by Crippen LogP contribution is 2.20. The van der Waals surface area contributed by atoms with Crippen molar-refractivity contribution in [2.24, 2.45) is 0 Å². The predicted octanol–water partition coefficient (Wildman–Crippen LogP) is 4.46. The third-order valence-corrected chi connectivity index (χ3v) is 3.46. The summed E-state index contributed by atoms with van der Waals surface area (Å²) < 4.78 is 13.7. The van der Waals surface area contributed by atoms with E-state index >= 15 is 0 Å². The normalized spacial score (nSPS) is 10.3. The lowest BCUT2D eigenvalue weighted by molar-refractivity contribution is 0.102. The minimum absolute atomic E-state index is 0.233. The first-order valence-electron chi connectivity index (χ1n) is 5.81. The van der Waals surface area contributed by atoms with Gasteiger partial charge in [-0.05, 0) is 59.6 Å². The first-order chi connectivity index (χ1) is 8.97. The van der Waals surface area contributed by atoms with Crippen molar-refractivity contribution in [2.75, 3.05) is 5.32 Å². The Morgan fingerprint density at radius 1 is 1.16 bits per heavy atom. The molecule has 0 fully saturated rings.